The lowest BCUT2D eigenvalue weighted by atomic mass is 10.1. The predicted molar refractivity (Wildman–Crippen MR) is 81.5 cm³/mol. The van der Waals surface area contributed by atoms with Crippen molar-refractivity contribution < 1.29 is 0 Å². The van der Waals surface area contributed by atoms with Crippen molar-refractivity contribution in [3.63, 3.8) is 0 Å². The first-order chi connectivity index (χ1) is 8.79. The molecule has 0 amide bonds. The van der Waals surface area contributed by atoms with E-state index in [1.54, 1.807) is 0 Å². The zero-order valence-electron chi connectivity index (χ0n) is 10.9. The van der Waals surface area contributed by atoms with E-state index in [0.29, 0.717) is 0 Å². The number of thioether (sulfide) groups is 1. The van der Waals surface area contributed by atoms with Gasteiger partial charge < -0.3 is 5.32 Å². The maximum absolute atomic E-state index is 6.19. The molecular weight excluding hydrogens is 264 g/mol. The van der Waals surface area contributed by atoms with Gasteiger partial charge >= 0.3 is 0 Å². The van der Waals surface area contributed by atoms with Crippen LogP contribution >= 0.6 is 23.4 Å². The summed E-state index contributed by atoms with van der Waals surface area (Å²) in [5.41, 5.74) is 1.01. The molecule has 0 aromatic carbocycles. The van der Waals surface area contributed by atoms with Gasteiger partial charge in [0.2, 0.25) is 0 Å². The molecule has 1 saturated carbocycles. The van der Waals surface area contributed by atoms with Gasteiger partial charge in [-0.2, -0.15) is 11.8 Å². The third-order valence-corrected chi connectivity index (χ3v) is 4.87. The van der Waals surface area contributed by atoms with E-state index in [1.807, 2.05) is 23.9 Å². The van der Waals surface area contributed by atoms with E-state index in [9.17, 15) is 0 Å². The van der Waals surface area contributed by atoms with Crippen LogP contribution in [0.15, 0.2) is 12.1 Å². The highest BCUT2D eigenvalue weighted by Crippen LogP contribution is 2.30. The number of nitrogens with zero attached hydrogens (tertiary/aromatic N) is 1. The minimum absolute atomic E-state index is 0.788. The standard InChI is InChI=1S/C14H21ClN2S/c1-2-16-14-8-7-12(15)13(17-14)10-18-9-11-5-3-4-6-11/h7-8,11H,2-6,9-10H2,1H3,(H,16,17). The first kappa shape index (κ1) is 14.0. The second kappa shape index (κ2) is 7.25. The van der Waals surface area contributed by atoms with Crippen LogP contribution in [0.25, 0.3) is 0 Å². The zero-order chi connectivity index (χ0) is 12.8. The summed E-state index contributed by atoms with van der Waals surface area (Å²) in [6.45, 7) is 2.97. The summed E-state index contributed by atoms with van der Waals surface area (Å²) in [5.74, 6) is 4.03. The zero-order valence-corrected chi connectivity index (χ0v) is 12.5. The Morgan fingerprint density at radius 2 is 2.17 bits per heavy atom. The van der Waals surface area contributed by atoms with E-state index in [4.69, 9.17) is 11.6 Å². The Hall–Kier alpha value is -0.410. The van der Waals surface area contributed by atoms with Gasteiger partial charge in [-0.15, -0.1) is 0 Å². The fourth-order valence-electron chi connectivity index (χ4n) is 2.36. The molecule has 100 valence electrons. The Morgan fingerprint density at radius 3 is 2.89 bits per heavy atom. The second-order valence-corrected chi connectivity index (χ2v) is 6.26. The van der Waals surface area contributed by atoms with Crippen molar-refractivity contribution in [2.75, 3.05) is 17.6 Å². The molecule has 1 aromatic heterocycles. The normalized spacial score (nSPS) is 16.1. The molecule has 18 heavy (non-hydrogen) atoms. The van der Waals surface area contributed by atoms with Crippen LogP contribution in [-0.2, 0) is 5.75 Å². The highest BCUT2D eigenvalue weighted by molar-refractivity contribution is 7.98. The topological polar surface area (TPSA) is 24.9 Å². The molecule has 0 radical (unpaired) electrons. The summed E-state index contributed by atoms with van der Waals surface area (Å²) in [6.07, 6.45) is 5.65. The fourth-order valence-corrected chi connectivity index (χ4v) is 3.81. The largest absolute Gasteiger partial charge is 0.370 e. The van der Waals surface area contributed by atoms with E-state index >= 15 is 0 Å². The van der Waals surface area contributed by atoms with E-state index in [1.165, 1.54) is 31.4 Å². The molecule has 0 bridgehead atoms. The van der Waals surface area contributed by atoms with Crippen LogP contribution in [0.4, 0.5) is 5.82 Å². The molecule has 0 saturated heterocycles. The average molecular weight is 285 g/mol. The molecule has 2 rings (SSSR count). The van der Waals surface area contributed by atoms with Gasteiger partial charge in [0.1, 0.15) is 5.82 Å². The van der Waals surface area contributed by atoms with E-state index < -0.39 is 0 Å². The van der Waals surface area contributed by atoms with Crippen LogP contribution in [-0.4, -0.2) is 17.3 Å². The molecule has 1 fully saturated rings. The van der Waals surface area contributed by atoms with Crippen molar-refractivity contribution in [2.45, 2.75) is 38.4 Å². The fraction of sp³-hybridized carbons (Fsp3) is 0.643. The minimum atomic E-state index is 0.788. The average Bonchev–Trinajstić information content (AvgIpc) is 2.86. The molecule has 0 atom stereocenters. The number of halogens is 1. The Bertz CT molecular complexity index is 378. The number of hydrogen-bond acceptors (Lipinski definition) is 3. The van der Waals surface area contributed by atoms with Gasteiger partial charge in [0.15, 0.2) is 0 Å². The summed E-state index contributed by atoms with van der Waals surface area (Å²) in [6, 6.07) is 3.88. The maximum atomic E-state index is 6.19. The Labute approximate surface area is 119 Å². The van der Waals surface area contributed by atoms with Crippen molar-refractivity contribution in [1.29, 1.82) is 0 Å². The minimum Gasteiger partial charge on any atom is -0.370 e. The van der Waals surface area contributed by atoms with Crippen LogP contribution in [0, 0.1) is 5.92 Å². The van der Waals surface area contributed by atoms with Gasteiger partial charge in [-0.05, 0) is 43.6 Å². The first-order valence-corrected chi connectivity index (χ1v) is 8.30. The van der Waals surface area contributed by atoms with Crippen LogP contribution in [0.2, 0.25) is 5.02 Å². The van der Waals surface area contributed by atoms with Gasteiger partial charge in [-0.25, -0.2) is 4.98 Å². The van der Waals surface area contributed by atoms with Crippen LogP contribution < -0.4 is 5.32 Å². The molecule has 2 nitrogen and oxygen atoms in total. The van der Waals surface area contributed by atoms with Crippen molar-refractivity contribution >= 4 is 29.2 Å². The summed E-state index contributed by atoms with van der Waals surface area (Å²) in [7, 11) is 0. The highest BCUT2D eigenvalue weighted by Gasteiger charge is 2.15. The monoisotopic (exact) mass is 284 g/mol. The first-order valence-electron chi connectivity index (χ1n) is 6.76. The molecular formula is C14H21ClN2S. The lowest BCUT2D eigenvalue weighted by Gasteiger charge is -2.10. The molecule has 0 aliphatic heterocycles. The molecule has 1 aliphatic rings. The molecule has 1 heterocycles. The van der Waals surface area contributed by atoms with E-state index in [-0.39, 0.29) is 0 Å². The lowest BCUT2D eigenvalue weighted by Crippen LogP contribution is -2.02. The van der Waals surface area contributed by atoms with E-state index in [2.05, 4.69) is 17.2 Å². The number of hydrogen-bond donors (Lipinski definition) is 1. The molecule has 0 spiro atoms. The summed E-state index contributed by atoms with van der Waals surface area (Å²) < 4.78 is 0. The van der Waals surface area contributed by atoms with Crippen LogP contribution in [0.1, 0.15) is 38.3 Å². The van der Waals surface area contributed by atoms with Gasteiger partial charge in [-0.3, -0.25) is 0 Å². The SMILES string of the molecule is CCNc1ccc(Cl)c(CSCC2CCCC2)n1. The number of anilines is 1. The van der Waals surface area contributed by atoms with Gasteiger partial charge in [0, 0.05) is 12.3 Å². The number of rotatable bonds is 6. The van der Waals surface area contributed by atoms with Crippen molar-refractivity contribution in [3.8, 4) is 0 Å². The highest BCUT2D eigenvalue weighted by atomic mass is 35.5. The van der Waals surface area contributed by atoms with Crippen LogP contribution in [0.3, 0.4) is 0 Å². The number of pyridine rings is 1. The lowest BCUT2D eigenvalue weighted by molar-refractivity contribution is 0.623. The Balaban J connectivity index is 1.85. The third-order valence-electron chi connectivity index (χ3n) is 3.34. The Morgan fingerprint density at radius 1 is 1.39 bits per heavy atom. The van der Waals surface area contributed by atoms with Crippen molar-refractivity contribution in [2.24, 2.45) is 5.92 Å². The second-order valence-electron chi connectivity index (χ2n) is 4.82. The quantitative estimate of drug-likeness (QED) is 0.827. The van der Waals surface area contributed by atoms with Gasteiger partial charge in [-0.1, -0.05) is 24.4 Å². The Kier molecular flexibility index (Phi) is 5.64. The van der Waals surface area contributed by atoms with Crippen molar-refractivity contribution in [1.82, 2.24) is 4.98 Å². The molecule has 0 unspecified atom stereocenters. The predicted octanol–water partition coefficient (Wildman–Crippen LogP) is 4.59. The van der Waals surface area contributed by atoms with E-state index in [0.717, 1.165) is 34.7 Å². The number of nitrogens with one attached hydrogen (secondary N) is 1. The molecule has 4 heteroatoms. The molecule has 1 N–H and O–H groups in total. The van der Waals surface area contributed by atoms with Crippen molar-refractivity contribution in [3.05, 3.63) is 22.8 Å². The summed E-state index contributed by atoms with van der Waals surface area (Å²) in [5, 5.41) is 4.02. The van der Waals surface area contributed by atoms with Crippen LogP contribution in [0.5, 0.6) is 0 Å². The molecule has 1 aromatic rings. The smallest absolute Gasteiger partial charge is 0.126 e. The summed E-state index contributed by atoms with van der Waals surface area (Å²) >= 11 is 8.16. The third kappa shape index (κ3) is 4.06. The van der Waals surface area contributed by atoms with Gasteiger partial charge in [0.25, 0.3) is 0 Å². The number of aromatic nitrogens is 1. The maximum Gasteiger partial charge on any atom is 0.126 e. The summed E-state index contributed by atoms with van der Waals surface area (Å²) in [4.78, 5) is 4.56. The van der Waals surface area contributed by atoms with Gasteiger partial charge in [0.05, 0.1) is 10.7 Å². The molecule has 1 aliphatic carbocycles.